The summed E-state index contributed by atoms with van der Waals surface area (Å²) in [5, 5.41) is 8.33. The maximum atomic E-state index is 10.1. The third-order valence-corrected chi connectivity index (χ3v) is 3.85. The van der Waals surface area contributed by atoms with E-state index in [1.54, 1.807) is 0 Å². The smallest absolute Gasteiger partial charge is 0.320 e. The van der Waals surface area contributed by atoms with Gasteiger partial charge in [0.1, 0.15) is 6.04 Å². The molecule has 1 saturated heterocycles. The molecule has 1 aliphatic heterocycles. The molecule has 1 atom stereocenters. The molecular weight excluding hydrogens is 242 g/mol. The van der Waals surface area contributed by atoms with Crippen molar-refractivity contribution in [3.63, 3.8) is 0 Å². The predicted octanol–water partition coefficient (Wildman–Crippen LogP) is 1.41. The molecule has 0 bridgehead atoms. The van der Waals surface area contributed by atoms with Crippen molar-refractivity contribution >= 4 is 5.97 Å². The summed E-state index contributed by atoms with van der Waals surface area (Å²) in [6.07, 6.45) is 6.33. The zero-order chi connectivity index (χ0) is 14.9. The Morgan fingerprint density at radius 1 is 1.37 bits per heavy atom. The first-order chi connectivity index (χ1) is 8.81. The fourth-order valence-electron chi connectivity index (χ4n) is 2.03. The van der Waals surface area contributed by atoms with Crippen LogP contribution in [0.3, 0.4) is 0 Å². The Balaban J connectivity index is 0.000000342. The van der Waals surface area contributed by atoms with Crippen LogP contribution in [0.4, 0.5) is 0 Å². The molecule has 0 aromatic rings. The van der Waals surface area contributed by atoms with Gasteiger partial charge in [-0.2, -0.15) is 0 Å². The Morgan fingerprint density at radius 3 is 2.37 bits per heavy atom. The molecule has 114 valence electrons. The number of nitrogens with two attached hydrogens (primary N) is 2. The number of rotatable bonds is 5. The van der Waals surface area contributed by atoms with E-state index >= 15 is 0 Å². The van der Waals surface area contributed by atoms with E-state index in [-0.39, 0.29) is 0 Å². The average Bonchev–Trinajstić information content (AvgIpc) is 2.34. The lowest BCUT2D eigenvalue weighted by atomic mass is 9.91. The van der Waals surface area contributed by atoms with E-state index in [1.807, 2.05) is 0 Å². The molecule has 5 N–H and O–H groups in total. The second kappa shape index (κ2) is 9.28. The highest BCUT2D eigenvalue weighted by Gasteiger charge is 2.25. The van der Waals surface area contributed by atoms with Crippen LogP contribution in [-0.4, -0.2) is 47.7 Å². The Morgan fingerprint density at radius 2 is 2.00 bits per heavy atom. The van der Waals surface area contributed by atoms with Crippen molar-refractivity contribution in [1.29, 1.82) is 0 Å². The number of carboxylic acids is 1. The van der Waals surface area contributed by atoms with Gasteiger partial charge in [0.15, 0.2) is 0 Å². The molecule has 19 heavy (non-hydrogen) atoms. The number of hydrogen-bond acceptors (Lipinski definition) is 4. The summed E-state index contributed by atoms with van der Waals surface area (Å²) in [5.41, 5.74) is 10.9. The third-order valence-electron chi connectivity index (χ3n) is 3.85. The number of piperidine rings is 1. The van der Waals surface area contributed by atoms with E-state index in [9.17, 15) is 4.79 Å². The molecule has 0 unspecified atom stereocenters. The zero-order valence-electron chi connectivity index (χ0n) is 12.7. The lowest BCUT2D eigenvalue weighted by Crippen LogP contribution is -2.44. The maximum Gasteiger partial charge on any atom is 0.320 e. The first-order valence-electron chi connectivity index (χ1n) is 7.21. The van der Waals surface area contributed by atoms with Crippen LogP contribution in [0.1, 0.15) is 52.4 Å². The van der Waals surface area contributed by atoms with Gasteiger partial charge >= 0.3 is 5.97 Å². The largest absolute Gasteiger partial charge is 0.480 e. The van der Waals surface area contributed by atoms with E-state index < -0.39 is 12.0 Å². The molecule has 1 heterocycles. The van der Waals surface area contributed by atoms with Crippen molar-refractivity contribution in [1.82, 2.24) is 4.90 Å². The van der Waals surface area contributed by atoms with Crippen LogP contribution in [0.15, 0.2) is 0 Å². The molecule has 0 radical (unpaired) electrons. The minimum absolute atomic E-state index is 0.470. The number of aliphatic carboxylic acids is 1. The zero-order valence-corrected chi connectivity index (χ0v) is 12.7. The Bertz CT molecular complexity index is 257. The summed E-state index contributed by atoms with van der Waals surface area (Å²) in [4.78, 5) is 12.6. The van der Waals surface area contributed by atoms with Gasteiger partial charge in [-0.1, -0.05) is 12.8 Å². The molecule has 5 nitrogen and oxygen atoms in total. The van der Waals surface area contributed by atoms with E-state index in [2.05, 4.69) is 25.8 Å². The third kappa shape index (κ3) is 8.18. The summed E-state index contributed by atoms with van der Waals surface area (Å²) in [6, 6.07) is -0.716. The van der Waals surface area contributed by atoms with E-state index in [4.69, 9.17) is 16.6 Å². The molecule has 0 saturated carbocycles. The van der Waals surface area contributed by atoms with E-state index in [0.717, 1.165) is 12.8 Å². The number of nitrogens with zero attached hydrogens (tertiary/aromatic N) is 1. The number of unbranched alkanes of at least 4 members (excludes halogenated alkanes) is 1. The van der Waals surface area contributed by atoms with Gasteiger partial charge in [0.2, 0.25) is 0 Å². The second-order valence-corrected chi connectivity index (χ2v) is 5.92. The molecule has 1 rings (SSSR count). The van der Waals surface area contributed by atoms with Crippen molar-refractivity contribution in [3.05, 3.63) is 0 Å². The summed E-state index contributed by atoms with van der Waals surface area (Å²) < 4.78 is 0. The SMILES string of the molecule is CN1CCCCC1(C)C.NCCCC[C@H](N)C(=O)O. The average molecular weight is 273 g/mol. The summed E-state index contributed by atoms with van der Waals surface area (Å²) in [7, 11) is 2.22. The highest BCUT2D eigenvalue weighted by Crippen LogP contribution is 2.24. The second-order valence-electron chi connectivity index (χ2n) is 5.92. The van der Waals surface area contributed by atoms with Crippen molar-refractivity contribution in [2.75, 3.05) is 20.1 Å². The monoisotopic (exact) mass is 273 g/mol. The fraction of sp³-hybridized carbons (Fsp3) is 0.929. The fourth-order valence-corrected chi connectivity index (χ4v) is 2.03. The van der Waals surface area contributed by atoms with Gasteiger partial charge in [0.05, 0.1) is 0 Å². The first kappa shape index (κ1) is 18.4. The Kier molecular flexibility index (Phi) is 8.97. The standard InChI is InChI=1S/C8H17N.C6H14N2O2/c1-8(2)6-4-5-7-9(8)3;7-4-2-1-3-5(8)6(9)10/h4-7H2,1-3H3;5H,1-4,7-8H2,(H,9,10)/t;5-/m.0/s1. The Labute approximate surface area is 117 Å². The summed E-state index contributed by atoms with van der Waals surface area (Å²) in [5.74, 6) is -0.933. The van der Waals surface area contributed by atoms with Crippen LogP contribution in [0.25, 0.3) is 0 Å². The van der Waals surface area contributed by atoms with Crippen molar-refractivity contribution in [2.24, 2.45) is 11.5 Å². The van der Waals surface area contributed by atoms with E-state index in [1.165, 1.54) is 25.8 Å². The van der Waals surface area contributed by atoms with Gasteiger partial charge in [-0.05, 0) is 59.7 Å². The van der Waals surface area contributed by atoms with Crippen LogP contribution in [0.5, 0.6) is 0 Å². The normalized spacial score (nSPS) is 20.3. The van der Waals surface area contributed by atoms with Gasteiger partial charge in [-0.15, -0.1) is 0 Å². The quantitative estimate of drug-likeness (QED) is 0.659. The van der Waals surface area contributed by atoms with Gasteiger partial charge in [-0.25, -0.2) is 0 Å². The molecule has 0 aromatic heterocycles. The van der Waals surface area contributed by atoms with Crippen LogP contribution in [0, 0.1) is 0 Å². The van der Waals surface area contributed by atoms with Crippen LogP contribution in [0.2, 0.25) is 0 Å². The van der Waals surface area contributed by atoms with Gasteiger partial charge in [0, 0.05) is 5.54 Å². The van der Waals surface area contributed by atoms with Gasteiger partial charge in [0.25, 0.3) is 0 Å². The topological polar surface area (TPSA) is 92.6 Å². The predicted molar refractivity (Wildman–Crippen MR) is 79.1 cm³/mol. The van der Waals surface area contributed by atoms with Crippen molar-refractivity contribution in [3.8, 4) is 0 Å². The molecule has 0 amide bonds. The van der Waals surface area contributed by atoms with Gasteiger partial charge < -0.3 is 21.5 Å². The Hall–Kier alpha value is -0.650. The number of hydrogen-bond donors (Lipinski definition) is 3. The summed E-state index contributed by atoms with van der Waals surface area (Å²) in [6.45, 7) is 6.54. The minimum Gasteiger partial charge on any atom is -0.480 e. The van der Waals surface area contributed by atoms with E-state index in [0.29, 0.717) is 18.5 Å². The van der Waals surface area contributed by atoms with Crippen LogP contribution in [-0.2, 0) is 4.79 Å². The highest BCUT2D eigenvalue weighted by molar-refractivity contribution is 5.72. The highest BCUT2D eigenvalue weighted by atomic mass is 16.4. The molecule has 0 spiro atoms. The molecule has 1 fully saturated rings. The molecule has 0 aliphatic carbocycles. The molecule has 5 heteroatoms. The number of carboxylic acid groups (broad SMARTS) is 1. The van der Waals surface area contributed by atoms with Crippen LogP contribution < -0.4 is 11.5 Å². The van der Waals surface area contributed by atoms with Gasteiger partial charge in [-0.3, -0.25) is 4.79 Å². The number of likely N-dealkylation sites (tertiary alicyclic amines) is 1. The minimum atomic E-state index is -0.933. The molecule has 1 aliphatic rings. The molecular formula is C14H31N3O2. The van der Waals surface area contributed by atoms with Crippen molar-refractivity contribution in [2.45, 2.75) is 64.0 Å². The first-order valence-corrected chi connectivity index (χ1v) is 7.21. The van der Waals surface area contributed by atoms with Crippen molar-refractivity contribution < 1.29 is 9.90 Å². The lowest BCUT2D eigenvalue weighted by Gasteiger charge is -2.39. The summed E-state index contributed by atoms with van der Waals surface area (Å²) >= 11 is 0. The van der Waals surface area contributed by atoms with Crippen LogP contribution >= 0.6 is 0 Å². The number of carbonyl (C=O) groups is 1. The maximum absolute atomic E-state index is 10.1. The lowest BCUT2D eigenvalue weighted by molar-refractivity contribution is -0.138. The molecule has 0 aromatic carbocycles.